The van der Waals surface area contributed by atoms with Gasteiger partial charge in [-0.15, -0.1) is 0 Å². The van der Waals surface area contributed by atoms with E-state index in [0.717, 1.165) is 0 Å². The molecule has 1 aromatic rings. The number of amidine groups is 1. The Morgan fingerprint density at radius 3 is 3.70 bits per heavy atom. The molecule has 0 radical (unpaired) electrons. The van der Waals surface area contributed by atoms with Gasteiger partial charge in [-0.1, -0.05) is 0 Å². The number of nitrogens with two attached hydrogens (primary N) is 2. The Morgan fingerprint density at radius 1 is 2.00 bits per heavy atom. The van der Waals surface area contributed by atoms with E-state index in [1.807, 2.05) is 0 Å². The van der Waals surface area contributed by atoms with E-state index < -0.39 is 29.7 Å². The standard InChI is InChI=1S/C5H7N5/c6-3-1-2-9-5(10-3)4(7)8/h1-2H,(H3,7,8)(H2,6,9,10)/i1T,2T/hT5. The average Bonchev–Trinajstić information content (AvgIpc) is 2.22. The molecule has 52 valence electrons. The van der Waals surface area contributed by atoms with Crippen LogP contribution >= 0.6 is 0 Å². The molecule has 0 amide bonds. The lowest BCUT2D eigenvalue weighted by molar-refractivity contribution is 1.12. The summed E-state index contributed by atoms with van der Waals surface area (Å²) < 4.78 is 49.2. The van der Waals surface area contributed by atoms with E-state index in [0.29, 0.717) is 0 Å². The molecule has 1 aromatic heterocycles. The molecule has 5 heteroatoms. The highest BCUT2D eigenvalue weighted by atomic mass is 15.0. The summed E-state index contributed by atoms with van der Waals surface area (Å²) in [6.07, 6.45) is -0.586. The van der Waals surface area contributed by atoms with Gasteiger partial charge in [-0.2, -0.15) is 0 Å². The predicted octanol–water partition coefficient (Wildman–Crippen LogP) is -0.657. The maximum atomic E-state index is 7.34. The lowest BCUT2D eigenvalue weighted by Crippen LogP contribution is -2.15. The van der Waals surface area contributed by atoms with Crippen molar-refractivity contribution in [1.29, 1.82) is 5.40 Å². The van der Waals surface area contributed by atoms with E-state index in [9.17, 15) is 0 Å². The van der Waals surface area contributed by atoms with Crippen LogP contribution in [0, 0.1) is 5.40 Å². The molecule has 0 saturated heterocycles. The molecule has 0 aliphatic carbocycles. The van der Waals surface area contributed by atoms with Crippen molar-refractivity contribution in [3.63, 3.8) is 0 Å². The number of hydrogen-bond donors (Lipinski definition) is 3. The van der Waals surface area contributed by atoms with Crippen LogP contribution in [0.4, 0.5) is 5.82 Å². The highest BCUT2D eigenvalue weighted by Crippen LogP contribution is 1.93. The van der Waals surface area contributed by atoms with Crippen molar-refractivity contribution in [1.82, 2.24) is 9.97 Å². The van der Waals surface area contributed by atoms with Crippen LogP contribution in [0.5, 0.6) is 0 Å². The molecule has 5 N–H and O–H groups in total. The first-order chi connectivity index (χ1) is 7.88. The van der Waals surface area contributed by atoms with Crippen molar-refractivity contribution in [3.05, 3.63) is 18.0 Å². The van der Waals surface area contributed by atoms with Crippen molar-refractivity contribution in [2.75, 3.05) is 5.72 Å². The zero-order valence-corrected chi connectivity index (χ0v) is 4.74. The summed E-state index contributed by atoms with van der Waals surface area (Å²) in [7, 11) is 0. The molecule has 0 saturated carbocycles. The summed E-state index contributed by atoms with van der Waals surface area (Å²) in [5.41, 5.74) is -0.0290. The summed E-state index contributed by atoms with van der Waals surface area (Å²) in [4.78, 5) is 6.98. The third-order valence-corrected chi connectivity index (χ3v) is 0.741. The Bertz CT molecular complexity index is 447. The average molecular weight is 151 g/mol. The van der Waals surface area contributed by atoms with Crippen LogP contribution in [0.2, 0.25) is 7.06 Å². The number of anilines is 1. The fourth-order valence-corrected chi connectivity index (χ4v) is 0.384. The lowest BCUT2D eigenvalue weighted by atomic mass is 10.5. The van der Waals surface area contributed by atoms with Gasteiger partial charge in [-0.05, 0) is 6.04 Å². The van der Waals surface area contributed by atoms with Gasteiger partial charge in [0.2, 0.25) is 0 Å². The van der Waals surface area contributed by atoms with Crippen LogP contribution in [0.3, 0.4) is 0 Å². The van der Waals surface area contributed by atoms with Crippen molar-refractivity contribution >= 4 is 11.7 Å². The summed E-state index contributed by atoms with van der Waals surface area (Å²) in [6.45, 7) is 0. The number of aromatic nitrogens is 2. The number of nitrogens with zero attached hydrogens (tertiary/aromatic N) is 2. The molecular weight excluding hydrogens is 130 g/mol. The minimum absolute atomic E-state index is 0.00531. The smallest absolute Gasteiger partial charge is 0.196 e. The molecule has 0 atom stereocenters. The van der Waals surface area contributed by atoms with E-state index >= 15 is 0 Å². The number of nitrogens with one attached hydrogen (secondary N) is 1. The van der Waals surface area contributed by atoms with E-state index in [-0.39, 0.29) is 11.4 Å². The molecule has 0 bridgehead atoms. The van der Waals surface area contributed by atoms with Crippen molar-refractivity contribution in [2.24, 2.45) is 5.72 Å². The first kappa shape index (κ1) is 1.91. The molecule has 0 aliphatic rings. The van der Waals surface area contributed by atoms with Gasteiger partial charge in [0, 0.05) is 6.17 Å². The lowest BCUT2D eigenvalue weighted by Gasteiger charge is -1.95. The molecule has 0 fully saturated rings. The second kappa shape index (κ2) is 2.30. The third kappa shape index (κ3) is 1.19. The largest absolute Gasteiger partial charge is 0.384 e. The van der Waals surface area contributed by atoms with Gasteiger partial charge in [0.1, 0.15) is 5.82 Å². The Morgan fingerprint density at radius 2 is 3.00 bits per heavy atom. The van der Waals surface area contributed by atoms with Crippen LogP contribution in [-0.4, -0.2) is 15.8 Å². The highest BCUT2D eigenvalue weighted by molar-refractivity contribution is 5.91. The van der Waals surface area contributed by atoms with Gasteiger partial charge < -0.3 is 11.4 Å². The molecule has 0 aliphatic heterocycles. The quantitative estimate of drug-likeness (QED) is 0.386. The predicted molar refractivity (Wildman–Crippen MR) is 37.5 cm³/mol. The van der Waals surface area contributed by atoms with E-state index in [1.165, 1.54) is 0 Å². The fraction of sp³-hybridized carbons (Fsp3) is 0. The maximum Gasteiger partial charge on any atom is 0.196 e. The summed E-state index contributed by atoms with van der Waals surface area (Å²) in [5, 5.41) is 2.84. The van der Waals surface area contributed by atoms with Gasteiger partial charge in [-0.25, -0.2) is 9.97 Å². The first-order valence-corrected chi connectivity index (χ1v) is 2.32. The van der Waals surface area contributed by atoms with E-state index in [4.69, 9.17) is 9.80 Å². The van der Waals surface area contributed by atoms with E-state index in [2.05, 4.69) is 15.4 Å². The van der Waals surface area contributed by atoms with Gasteiger partial charge >= 0.3 is 0 Å². The third-order valence-electron chi connectivity index (χ3n) is 0.741. The maximum absolute atomic E-state index is 7.34. The summed E-state index contributed by atoms with van der Waals surface area (Å²) in [5.74, 6) is -1.52. The fourth-order valence-electron chi connectivity index (χ4n) is 0.384. The number of hydrogen-bond acceptors (Lipinski definition) is 4. The molecule has 10 heavy (non-hydrogen) atoms. The Kier molecular flexibility index (Phi) is 0.440. The number of rotatable bonds is 2. The minimum atomic E-state index is -0.586. The van der Waals surface area contributed by atoms with Crippen LogP contribution in [-0.2, 0) is 0 Å². The second-order valence-electron chi connectivity index (χ2n) is 1.43. The van der Waals surface area contributed by atoms with Crippen LogP contribution in [0.15, 0.2) is 12.2 Å². The van der Waals surface area contributed by atoms with Crippen LogP contribution in [0.25, 0.3) is 0 Å². The Balaban J connectivity index is 3.37. The Labute approximate surface area is 67.7 Å². The molecule has 5 nitrogen and oxygen atoms in total. The molecular formula is C5H7N5. The monoisotopic (exact) mass is 151 g/mol. The molecule has 1 heterocycles. The zero-order chi connectivity index (χ0) is 13.2. The zero-order valence-electron chi connectivity index (χ0n) is 11.7. The topological polar surface area (TPSA) is 102 Å². The van der Waals surface area contributed by atoms with Crippen molar-refractivity contribution in [3.8, 4) is 0 Å². The molecule has 0 unspecified atom stereocenters. The number of nitrogen functional groups attached to an aromatic ring is 2. The van der Waals surface area contributed by atoms with Crippen LogP contribution < -0.4 is 11.4 Å². The minimum Gasteiger partial charge on any atom is -0.384 e. The highest BCUT2D eigenvalue weighted by Gasteiger charge is 1.97. The second-order valence-corrected chi connectivity index (χ2v) is 1.43. The summed E-state index contributed by atoms with van der Waals surface area (Å²) >= 11 is 0. The first-order valence-electron chi connectivity index (χ1n) is 5.55. The Hall–Kier alpha value is -1.65. The van der Waals surface area contributed by atoms with Crippen molar-refractivity contribution < 1.29 is 9.80 Å². The summed E-state index contributed by atoms with van der Waals surface area (Å²) in [6, 6.07) is -0.537. The normalized spacial score (nSPS) is 20.4. The van der Waals surface area contributed by atoms with Gasteiger partial charge in [0.25, 0.3) is 0 Å². The van der Waals surface area contributed by atoms with E-state index in [1.54, 1.807) is 0 Å². The van der Waals surface area contributed by atoms with Gasteiger partial charge in [0.15, 0.2) is 18.7 Å². The van der Waals surface area contributed by atoms with Gasteiger partial charge in [-0.3, -0.25) is 5.40 Å². The molecule has 1 rings (SSSR count). The molecule has 0 spiro atoms. The van der Waals surface area contributed by atoms with Crippen LogP contribution in [0.1, 0.15) is 8.57 Å². The SMILES string of the molecule is [3H]N=C(c1nc([3H])c([3H])c(N([3H])[3H])n1)N([3H])[3H]. The van der Waals surface area contributed by atoms with Gasteiger partial charge in [0.05, 0.1) is 2.74 Å². The van der Waals surface area contributed by atoms with Crippen molar-refractivity contribution in [2.45, 2.75) is 0 Å². The molecule has 0 aromatic carbocycles.